The second-order valence-corrected chi connectivity index (χ2v) is 5.81. The standard InChI is InChI=1S/C14H21FN2OS/c1-17-8-9(7-16)6-11(17)10-4-5-12(18-2)14(19-3)13(10)15/h4-5,9,11H,6-8,16H2,1-3H3. The maximum absolute atomic E-state index is 14.6. The number of ether oxygens (including phenoxy) is 1. The first-order valence-corrected chi connectivity index (χ1v) is 7.65. The van der Waals surface area contributed by atoms with Gasteiger partial charge in [0.1, 0.15) is 11.6 Å². The molecular weight excluding hydrogens is 263 g/mol. The molecule has 1 heterocycles. The Balaban J connectivity index is 2.35. The van der Waals surface area contributed by atoms with Crippen molar-refractivity contribution in [1.82, 2.24) is 4.90 Å². The highest BCUT2D eigenvalue weighted by molar-refractivity contribution is 7.98. The van der Waals surface area contributed by atoms with Crippen molar-refractivity contribution in [2.75, 3.05) is 33.5 Å². The van der Waals surface area contributed by atoms with Crippen LogP contribution in [-0.2, 0) is 0 Å². The Morgan fingerprint density at radius 2 is 2.26 bits per heavy atom. The van der Waals surface area contributed by atoms with Gasteiger partial charge in [-0.25, -0.2) is 4.39 Å². The Bertz CT molecular complexity index is 455. The van der Waals surface area contributed by atoms with Crippen LogP contribution in [0.1, 0.15) is 18.0 Å². The van der Waals surface area contributed by atoms with Crippen molar-refractivity contribution in [1.29, 1.82) is 0 Å². The second-order valence-electron chi connectivity index (χ2n) is 5.00. The van der Waals surface area contributed by atoms with Crippen molar-refractivity contribution in [3.63, 3.8) is 0 Å². The van der Waals surface area contributed by atoms with E-state index in [1.54, 1.807) is 7.11 Å². The molecule has 1 aromatic carbocycles. The van der Waals surface area contributed by atoms with Gasteiger partial charge < -0.3 is 10.5 Å². The maximum Gasteiger partial charge on any atom is 0.145 e. The van der Waals surface area contributed by atoms with Crippen molar-refractivity contribution in [2.45, 2.75) is 17.4 Å². The maximum atomic E-state index is 14.6. The number of halogens is 1. The van der Waals surface area contributed by atoms with Gasteiger partial charge in [0, 0.05) is 18.2 Å². The lowest BCUT2D eigenvalue weighted by molar-refractivity contribution is 0.304. The van der Waals surface area contributed by atoms with Crippen molar-refractivity contribution in [3.05, 3.63) is 23.5 Å². The summed E-state index contributed by atoms with van der Waals surface area (Å²) in [6.45, 7) is 1.59. The third-order valence-corrected chi connectivity index (χ3v) is 4.63. The lowest BCUT2D eigenvalue weighted by Gasteiger charge is -2.21. The van der Waals surface area contributed by atoms with Crippen molar-refractivity contribution in [2.24, 2.45) is 11.7 Å². The van der Waals surface area contributed by atoms with Gasteiger partial charge in [0.25, 0.3) is 0 Å². The molecule has 0 aliphatic carbocycles. The van der Waals surface area contributed by atoms with Gasteiger partial charge in [-0.2, -0.15) is 0 Å². The molecule has 0 spiro atoms. The molecule has 106 valence electrons. The molecule has 0 bridgehead atoms. The highest BCUT2D eigenvalue weighted by atomic mass is 32.2. The van der Waals surface area contributed by atoms with Gasteiger partial charge >= 0.3 is 0 Å². The van der Waals surface area contributed by atoms with E-state index in [-0.39, 0.29) is 11.9 Å². The molecule has 0 saturated carbocycles. The average Bonchev–Trinajstić information content (AvgIpc) is 2.79. The molecule has 0 aromatic heterocycles. The molecule has 2 atom stereocenters. The van der Waals surface area contributed by atoms with E-state index in [9.17, 15) is 4.39 Å². The van der Waals surface area contributed by atoms with Crippen LogP contribution in [0.3, 0.4) is 0 Å². The van der Waals surface area contributed by atoms with Crippen LogP contribution in [0, 0.1) is 11.7 Å². The summed E-state index contributed by atoms with van der Waals surface area (Å²) in [5, 5.41) is 0. The summed E-state index contributed by atoms with van der Waals surface area (Å²) >= 11 is 1.38. The van der Waals surface area contributed by atoms with Crippen LogP contribution in [0.2, 0.25) is 0 Å². The molecule has 0 radical (unpaired) electrons. The predicted molar refractivity (Wildman–Crippen MR) is 77.3 cm³/mol. The SMILES string of the molecule is COc1ccc(C2CC(CN)CN2C)c(F)c1SC. The molecule has 1 fully saturated rings. The number of hydrogen-bond donors (Lipinski definition) is 1. The molecule has 2 N–H and O–H groups in total. The van der Waals surface area contributed by atoms with Crippen molar-refractivity contribution >= 4 is 11.8 Å². The number of benzene rings is 1. The van der Waals surface area contributed by atoms with E-state index >= 15 is 0 Å². The predicted octanol–water partition coefficient (Wildman–Crippen LogP) is 2.51. The monoisotopic (exact) mass is 284 g/mol. The number of methoxy groups -OCH3 is 1. The summed E-state index contributed by atoms with van der Waals surface area (Å²) in [5.74, 6) is 0.903. The Labute approximate surface area is 118 Å². The van der Waals surface area contributed by atoms with Crippen LogP contribution in [0.4, 0.5) is 4.39 Å². The minimum absolute atomic E-state index is 0.116. The fraction of sp³-hybridized carbons (Fsp3) is 0.571. The fourth-order valence-electron chi connectivity index (χ4n) is 2.80. The van der Waals surface area contributed by atoms with Crippen LogP contribution in [-0.4, -0.2) is 38.4 Å². The normalized spacial score (nSPS) is 23.8. The van der Waals surface area contributed by atoms with Gasteiger partial charge in [0.15, 0.2) is 0 Å². The number of nitrogens with two attached hydrogens (primary N) is 1. The minimum atomic E-state index is -0.152. The number of hydrogen-bond acceptors (Lipinski definition) is 4. The number of likely N-dealkylation sites (tertiary alicyclic amines) is 1. The summed E-state index contributed by atoms with van der Waals surface area (Å²) < 4.78 is 19.8. The van der Waals surface area contributed by atoms with E-state index < -0.39 is 0 Å². The van der Waals surface area contributed by atoms with Gasteiger partial charge in [-0.3, -0.25) is 4.90 Å². The molecule has 1 saturated heterocycles. The van der Waals surface area contributed by atoms with E-state index in [1.165, 1.54) is 11.8 Å². The zero-order valence-corrected chi connectivity index (χ0v) is 12.5. The van der Waals surface area contributed by atoms with Crippen LogP contribution in [0.15, 0.2) is 17.0 Å². The highest BCUT2D eigenvalue weighted by Gasteiger charge is 2.32. The smallest absolute Gasteiger partial charge is 0.145 e. The third kappa shape index (κ3) is 2.73. The number of nitrogens with zero attached hydrogens (tertiary/aromatic N) is 1. The van der Waals surface area contributed by atoms with Crippen LogP contribution < -0.4 is 10.5 Å². The number of rotatable bonds is 4. The molecule has 3 nitrogen and oxygen atoms in total. The number of thioether (sulfide) groups is 1. The van der Waals surface area contributed by atoms with Gasteiger partial charge in [-0.05, 0) is 38.3 Å². The Morgan fingerprint density at radius 1 is 1.53 bits per heavy atom. The molecule has 1 aliphatic rings. The lowest BCUT2D eigenvalue weighted by Crippen LogP contribution is -2.21. The molecule has 19 heavy (non-hydrogen) atoms. The first-order chi connectivity index (χ1) is 9.12. The summed E-state index contributed by atoms with van der Waals surface area (Å²) in [6.07, 6.45) is 2.79. The van der Waals surface area contributed by atoms with Crippen LogP contribution >= 0.6 is 11.8 Å². The molecular formula is C14H21FN2OS. The van der Waals surface area contributed by atoms with Crippen LogP contribution in [0.25, 0.3) is 0 Å². The highest BCUT2D eigenvalue weighted by Crippen LogP contribution is 2.40. The Morgan fingerprint density at radius 3 is 2.79 bits per heavy atom. The van der Waals surface area contributed by atoms with Crippen LogP contribution in [0.5, 0.6) is 5.75 Å². The molecule has 1 aromatic rings. The van der Waals surface area contributed by atoms with E-state index in [0.29, 0.717) is 23.1 Å². The molecule has 1 aliphatic heterocycles. The first kappa shape index (κ1) is 14.6. The van der Waals surface area contributed by atoms with Crippen molar-refractivity contribution in [3.8, 4) is 5.75 Å². The Hall–Kier alpha value is -0.780. The summed E-state index contributed by atoms with van der Waals surface area (Å²) in [5.41, 5.74) is 6.48. The average molecular weight is 284 g/mol. The first-order valence-electron chi connectivity index (χ1n) is 6.43. The van der Waals surface area contributed by atoms with Gasteiger partial charge in [0.2, 0.25) is 0 Å². The van der Waals surface area contributed by atoms with Gasteiger partial charge in [-0.15, -0.1) is 11.8 Å². The topological polar surface area (TPSA) is 38.5 Å². The van der Waals surface area contributed by atoms with E-state index in [0.717, 1.165) is 18.5 Å². The molecule has 2 rings (SSSR count). The largest absolute Gasteiger partial charge is 0.495 e. The molecule has 2 unspecified atom stereocenters. The quantitative estimate of drug-likeness (QED) is 0.862. The van der Waals surface area contributed by atoms with E-state index in [4.69, 9.17) is 10.5 Å². The zero-order chi connectivity index (χ0) is 14.0. The molecule has 0 amide bonds. The fourth-order valence-corrected chi connectivity index (χ4v) is 3.45. The Kier molecular flexibility index (Phi) is 4.71. The molecule has 5 heteroatoms. The summed E-state index contributed by atoms with van der Waals surface area (Å²) in [4.78, 5) is 2.77. The van der Waals surface area contributed by atoms with E-state index in [1.807, 2.05) is 25.4 Å². The third-order valence-electron chi connectivity index (χ3n) is 3.84. The summed E-state index contributed by atoms with van der Waals surface area (Å²) in [7, 11) is 3.60. The van der Waals surface area contributed by atoms with E-state index in [2.05, 4.69) is 4.90 Å². The second kappa shape index (κ2) is 6.11. The minimum Gasteiger partial charge on any atom is -0.495 e. The van der Waals surface area contributed by atoms with Crippen molar-refractivity contribution < 1.29 is 9.13 Å². The lowest BCUT2D eigenvalue weighted by atomic mass is 9.99. The summed E-state index contributed by atoms with van der Waals surface area (Å²) in [6, 6.07) is 3.81. The van der Waals surface area contributed by atoms with Gasteiger partial charge in [-0.1, -0.05) is 6.07 Å². The van der Waals surface area contributed by atoms with Gasteiger partial charge in [0.05, 0.1) is 12.0 Å². The zero-order valence-electron chi connectivity index (χ0n) is 11.6.